The van der Waals surface area contributed by atoms with Gasteiger partial charge in [-0.1, -0.05) is 29.8 Å². The van der Waals surface area contributed by atoms with Crippen molar-refractivity contribution in [2.75, 3.05) is 5.73 Å². The van der Waals surface area contributed by atoms with Gasteiger partial charge >= 0.3 is 0 Å². The van der Waals surface area contributed by atoms with E-state index in [4.69, 9.17) is 5.73 Å². The van der Waals surface area contributed by atoms with Crippen molar-refractivity contribution >= 4 is 27.5 Å². The van der Waals surface area contributed by atoms with Crippen LogP contribution in [0.25, 0.3) is 38.6 Å². The molecule has 0 fully saturated rings. The number of halogens is 1. The molecule has 0 radical (unpaired) electrons. The molecular formula is C25H19FN2. The highest BCUT2D eigenvalue weighted by Gasteiger charge is 2.13. The maximum Gasteiger partial charge on any atom is 0.123 e. The Kier molecular flexibility index (Phi) is 3.69. The van der Waals surface area contributed by atoms with Gasteiger partial charge in [-0.15, -0.1) is 0 Å². The highest BCUT2D eigenvalue weighted by atomic mass is 19.1. The number of aromatic nitrogens is 1. The van der Waals surface area contributed by atoms with E-state index >= 15 is 0 Å². The maximum absolute atomic E-state index is 13.5. The normalized spacial score (nSPS) is 11.4. The number of nitrogens with two attached hydrogens (primary N) is 1. The van der Waals surface area contributed by atoms with E-state index < -0.39 is 0 Å². The van der Waals surface area contributed by atoms with Gasteiger partial charge in [-0.3, -0.25) is 0 Å². The van der Waals surface area contributed by atoms with Crippen LogP contribution in [0.15, 0.2) is 84.9 Å². The Morgan fingerprint density at radius 3 is 2.00 bits per heavy atom. The van der Waals surface area contributed by atoms with Crippen molar-refractivity contribution in [2.24, 2.45) is 0 Å². The van der Waals surface area contributed by atoms with E-state index in [1.165, 1.54) is 28.5 Å². The van der Waals surface area contributed by atoms with Crippen LogP contribution >= 0.6 is 0 Å². The van der Waals surface area contributed by atoms with Crippen molar-refractivity contribution in [3.8, 4) is 16.8 Å². The molecule has 1 heterocycles. The minimum absolute atomic E-state index is 0.231. The number of hydrogen-bond acceptors (Lipinski definition) is 1. The van der Waals surface area contributed by atoms with Crippen molar-refractivity contribution in [1.29, 1.82) is 0 Å². The molecule has 0 aliphatic carbocycles. The highest BCUT2D eigenvalue weighted by Crippen LogP contribution is 2.35. The van der Waals surface area contributed by atoms with Crippen LogP contribution in [0.4, 0.5) is 10.1 Å². The monoisotopic (exact) mass is 366 g/mol. The molecule has 0 unspecified atom stereocenters. The smallest absolute Gasteiger partial charge is 0.123 e. The number of nitrogens with zero attached hydrogens (tertiary/aromatic N) is 1. The SMILES string of the molecule is Cc1ccc2c(c1)c1cc(-c3ccc(N)cc3)ccc1n2-c1ccc(F)cc1. The predicted octanol–water partition coefficient (Wildman–Crippen LogP) is 6.48. The minimum Gasteiger partial charge on any atom is -0.399 e. The fraction of sp³-hybridized carbons (Fsp3) is 0.0400. The average molecular weight is 366 g/mol. The molecule has 2 N–H and O–H groups in total. The average Bonchev–Trinajstić information content (AvgIpc) is 3.02. The van der Waals surface area contributed by atoms with E-state index in [0.717, 1.165) is 33.5 Å². The summed E-state index contributed by atoms with van der Waals surface area (Å²) in [6.45, 7) is 2.10. The molecule has 28 heavy (non-hydrogen) atoms. The third kappa shape index (κ3) is 2.64. The summed E-state index contributed by atoms with van der Waals surface area (Å²) in [5.74, 6) is -0.231. The number of hydrogen-bond donors (Lipinski definition) is 1. The maximum atomic E-state index is 13.5. The summed E-state index contributed by atoms with van der Waals surface area (Å²) in [4.78, 5) is 0. The lowest BCUT2D eigenvalue weighted by Gasteiger charge is -2.08. The first kappa shape index (κ1) is 16.6. The first-order valence-electron chi connectivity index (χ1n) is 9.27. The van der Waals surface area contributed by atoms with Crippen molar-refractivity contribution in [2.45, 2.75) is 6.92 Å². The van der Waals surface area contributed by atoms with Gasteiger partial charge < -0.3 is 10.3 Å². The molecule has 5 rings (SSSR count). The molecule has 0 aliphatic rings. The molecule has 0 saturated carbocycles. The summed E-state index contributed by atoms with van der Waals surface area (Å²) in [6.07, 6.45) is 0. The van der Waals surface area contributed by atoms with Crippen LogP contribution in [0.3, 0.4) is 0 Å². The number of rotatable bonds is 2. The summed E-state index contributed by atoms with van der Waals surface area (Å²) in [5, 5.41) is 2.37. The van der Waals surface area contributed by atoms with Gasteiger partial charge in [0.15, 0.2) is 0 Å². The first-order chi connectivity index (χ1) is 13.6. The molecule has 4 aromatic carbocycles. The molecule has 2 nitrogen and oxygen atoms in total. The van der Waals surface area contributed by atoms with Gasteiger partial charge in [0.2, 0.25) is 0 Å². The Morgan fingerprint density at radius 1 is 0.679 bits per heavy atom. The number of aryl methyl sites for hydroxylation is 1. The van der Waals surface area contributed by atoms with E-state index in [-0.39, 0.29) is 5.82 Å². The number of anilines is 1. The zero-order valence-electron chi connectivity index (χ0n) is 15.5. The predicted molar refractivity (Wildman–Crippen MR) is 115 cm³/mol. The van der Waals surface area contributed by atoms with Gasteiger partial charge in [0.05, 0.1) is 11.0 Å². The lowest BCUT2D eigenvalue weighted by Crippen LogP contribution is -1.93. The van der Waals surface area contributed by atoms with Crippen LogP contribution in [0.5, 0.6) is 0 Å². The first-order valence-corrected chi connectivity index (χ1v) is 9.27. The molecule has 0 bridgehead atoms. The topological polar surface area (TPSA) is 30.9 Å². The summed E-state index contributed by atoms with van der Waals surface area (Å²) >= 11 is 0. The Balaban J connectivity index is 1.82. The van der Waals surface area contributed by atoms with Crippen molar-refractivity contribution in [3.63, 3.8) is 0 Å². The van der Waals surface area contributed by atoms with Crippen LogP contribution < -0.4 is 5.73 Å². The molecule has 0 saturated heterocycles. The highest BCUT2D eigenvalue weighted by molar-refractivity contribution is 6.10. The van der Waals surface area contributed by atoms with Gasteiger partial charge in [-0.2, -0.15) is 0 Å². The van der Waals surface area contributed by atoms with Crippen molar-refractivity contribution < 1.29 is 4.39 Å². The molecule has 0 aliphatic heterocycles. The molecular weight excluding hydrogens is 347 g/mol. The second-order valence-corrected chi connectivity index (χ2v) is 7.19. The van der Waals surface area contributed by atoms with Gasteiger partial charge in [0.25, 0.3) is 0 Å². The molecule has 0 atom stereocenters. The minimum atomic E-state index is -0.231. The zero-order valence-corrected chi connectivity index (χ0v) is 15.5. The lowest BCUT2D eigenvalue weighted by atomic mass is 10.0. The Bertz CT molecular complexity index is 1310. The third-order valence-electron chi connectivity index (χ3n) is 5.25. The van der Waals surface area contributed by atoms with Crippen molar-refractivity contribution in [1.82, 2.24) is 4.57 Å². The van der Waals surface area contributed by atoms with Gasteiger partial charge in [0, 0.05) is 22.1 Å². The summed E-state index contributed by atoms with van der Waals surface area (Å²) in [5.41, 5.74) is 13.2. The van der Waals surface area contributed by atoms with Crippen LogP contribution in [0, 0.1) is 12.7 Å². The number of fused-ring (bicyclic) bond motifs is 3. The second-order valence-electron chi connectivity index (χ2n) is 7.19. The molecule has 1 aromatic heterocycles. The Labute approximate surface area is 162 Å². The molecule has 0 amide bonds. The number of benzene rings is 4. The van der Waals surface area contributed by atoms with Crippen LogP contribution in [0.1, 0.15) is 5.56 Å². The third-order valence-corrected chi connectivity index (χ3v) is 5.25. The van der Waals surface area contributed by atoms with Gasteiger partial charge in [-0.05, 0) is 78.7 Å². The van der Waals surface area contributed by atoms with E-state index in [9.17, 15) is 4.39 Å². The Morgan fingerprint density at radius 2 is 1.29 bits per heavy atom. The van der Waals surface area contributed by atoms with Crippen LogP contribution in [-0.4, -0.2) is 4.57 Å². The number of nitrogen functional groups attached to an aromatic ring is 1. The molecule has 136 valence electrons. The fourth-order valence-corrected chi connectivity index (χ4v) is 3.86. The summed E-state index contributed by atoms with van der Waals surface area (Å²) in [7, 11) is 0. The molecule has 5 aromatic rings. The van der Waals surface area contributed by atoms with Gasteiger partial charge in [-0.25, -0.2) is 4.39 Å². The summed E-state index contributed by atoms with van der Waals surface area (Å²) < 4.78 is 15.7. The van der Waals surface area contributed by atoms with E-state index in [1.54, 1.807) is 0 Å². The van der Waals surface area contributed by atoms with Crippen molar-refractivity contribution in [3.05, 3.63) is 96.3 Å². The van der Waals surface area contributed by atoms with E-state index in [0.29, 0.717) is 0 Å². The van der Waals surface area contributed by atoms with Crippen LogP contribution in [-0.2, 0) is 0 Å². The summed E-state index contributed by atoms with van der Waals surface area (Å²) in [6, 6.07) is 27.5. The van der Waals surface area contributed by atoms with E-state index in [1.807, 2.05) is 36.4 Å². The quantitative estimate of drug-likeness (QED) is 0.356. The molecule has 0 spiro atoms. The standard InChI is InChI=1S/C25H19FN2/c1-16-2-12-24-22(14-16)23-15-18(17-3-8-20(27)9-4-17)5-13-25(23)28(24)21-10-6-19(26)7-11-21/h2-15H,27H2,1H3. The van der Waals surface area contributed by atoms with Crippen LogP contribution in [0.2, 0.25) is 0 Å². The van der Waals surface area contributed by atoms with Gasteiger partial charge in [0.1, 0.15) is 5.82 Å². The second kappa shape index (κ2) is 6.24. The fourth-order valence-electron chi connectivity index (χ4n) is 3.86. The largest absolute Gasteiger partial charge is 0.399 e. The van der Waals surface area contributed by atoms with E-state index in [2.05, 4.69) is 47.9 Å². The zero-order chi connectivity index (χ0) is 19.3. The molecule has 3 heteroatoms. The lowest BCUT2D eigenvalue weighted by molar-refractivity contribution is 0.627. The Hall–Kier alpha value is -3.59.